The lowest BCUT2D eigenvalue weighted by molar-refractivity contribution is 0.537. The fourth-order valence-electron chi connectivity index (χ4n) is 3.01. The molecule has 0 amide bonds. The van der Waals surface area contributed by atoms with Gasteiger partial charge in [0.1, 0.15) is 12.2 Å². The summed E-state index contributed by atoms with van der Waals surface area (Å²) in [4.78, 5) is 0. The zero-order valence-corrected chi connectivity index (χ0v) is 10.9. The summed E-state index contributed by atoms with van der Waals surface area (Å²) in [7, 11) is 0. The molecule has 18 heavy (non-hydrogen) atoms. The van der Waals surface area contributed by atoms with Crippen LogP contribution in [0.2, 0.25) is 0 Å². The molecule has 0 aromatic carbocycles. The van der Waals surface area contributed by atoms with E-state index in [0.29, 0.717) is 6.04 Å². The summed E-state index contributed by atoms with van der Waals surface area (Å²) in [6.07, 6.45) is 13.2. The van der Waals surface area contributed by atoms with Crippen molar-refractivity contribution in [1.29, 1.82) is 0 Å². The Morgan fingerprint density at radius 2 is 2.33 bits per heavy atom. The minimum Gasteiger partial charge on any atom is -0.316 e. The van der Waals surface area contributed by atoms with E-state index < -0.39 is 0 Å². The number of aryl methyl sites for hydroxylation is 1. The van der Waals surface area contributed by atoms with E-state index in [-0.39, 0.29) is 0 Å². The minimum absolute atomic E-state index is 0.424. The molecule has 1 unspecified atom stereocenters. The predicted molar refractivity (Wildman–Crippen MR) is 71.2 cm³/mol. The van der Waals surface area contributed by atoms with E-state index in [2.05, 4.69) is 26.2 Å². The van der Waals surface area contributed by atoms with Crippen LogP contribution in [0.25, 0.3) is 0 Å². The number of nitrogens with one attached hydrogen (secondary N) is 1. The molecule has 1 aromatic heterocycles. The van der Waals surface area contributed by atoms with Gasteiger partial charge in [-0.25, -0.2) is 0 Å². The van der Waals surface area contributed by atoms with Gasteiger partial charge < -0.3 is 9.88 Å². The van der Waals surface area contributed by atoms with Crippen LogP contribution in [0, 0.1) is 0 Å². The Labute approximate surface area is 108 Å². The molecule has 0 bridgehead atoms. The molecule has 0 radical (unpaired) electrons. The van der Waals surface area contributed by atoms with E-state index in [0.717, 1.165) is 25.3 Å². The van der Waals surface area contributed by atoms with Crippen LogP contribution in [0.4, 0.5) is 0 Å². The number of aromatic nitrogens is 3. The van der Waals surface area contributed by atoms with Gasteiger partial charge in [0, 0.05) is 6.54 Å². The maximum Gasteiger partial charge on any atom is 0.149 e. The van der Waals surface area contributed by atoms with Gasteiger partial charge in [0.15, 0.2) is 0 Å². The van der Waals surface area contributed by atoms with Crippen LogP contribution in [0.5, 0.6) is 0 Å². The van der Waals surface area contributed by atoms with Crippen LogP contribution in [0.15, 0.2) is 18.0 Å². The minimum atomic E-state index is 0.424. The van der Waals surface area contributed by atoms with E-state index >= 15 is 0 Å². The molecule has 1 atom stereocenters. The fraction of sp³-hybridized carbons (Fsp3) is 0.714. The van der Waals surface area contributed by atoms with Crippen LogP contribution >= 0.6 is 0 Å². The van der Waals surface area contributed by atoms with Crippen molar-refractivity contribution in [3.8, 4) is 0 Å². The van der Waals surface area contributed by atoms with Gasteiger partial charge in [0.05, 0.1) is 6.04 Å². The predicted octanol–water partition coefficient (Wildman–Crippen LogP) is 2.59. The van der Waals surface area contributed by atoms with Gasteiger partial charge in [-0.3, -0.25) is 0 Å². The average Bonchev–Trinajstić information content (AvgIpc) is 3.08. The van der Waals surface area contributed by atoms with Crippen molar-refractivity contribution < 1.29 is 0 Å². The van der Waals surface area contributed by atoms with Crippen molar-refractivity contribution in [2.45, 2.75) is 57.5 Å². The molecular weight excluding hydrogens is 224 g/mol. The topological polar surface area (TPSA) is 42.7 Å². The quantitative estimate of drug-likeness (QED) is 0.830. The molecule has 0 saturated carbocycles. The first kappa shape index (κ1) is 11.9. The van der Waals surface area contributed by atoms with Crippen molar-refractivity contribution in [3.05, 3.63) is 23.8 Å². The van der Waals surface area contributed by atoms with Gasteiger partial charge in [-0.15, -0.1) is 10.2 Å². The standard InChI is InChI=1S/C14H22N4/c1-2-5-12(6-3-1)8-10-18-11-16-17-14(18)13-7-4-9-15-13/h5,11,13,15H,1-4,6-10H2. The summed E-state index contributed by atoms with van der Waals surface area (Å²) in [5.41, 5.74) is 1.63. The molecule has 1 fully saturated rings. The molecule has 1 saturated heterocycles. The zero-order chi connectivity index (χ0) is 12.2. The summed E-state index contributed by atoms with van der Waals surface area (Å²) >= 11 is 0. The first-order valence-corrected chi connectivity index (χ1v) is 7.22. The first-order valence-electron chi connectivity index (χ1n) is 7.22. The summed E-state index contributed by atoms with van der Waals surface area (Å²) in [5.74, 6) is 1.13. The SMILES string of the molecule is C1=C(CCn2cnnc2C2CCCN2)CCCC1. The summed E-state index contributed by atoms with van der Waals surface area (Å²) in [6.45, 7) is 2.15. The Morgan fingerprint density at radius 1 is 1.33 bits per heavy atom. The Hall–Kier alpha value is -1.16. The Morgan fingerprint density at radius 3 is 3.11 bits per heavy atom. The van der Waals surface area contributed by atoms with Crippen molar-refractivity contribution in [2.24, 2.45) is 0 Å². The van der Waals surface area contributed by atoms with Crippen LogP contribution < -0.4 is 5.32 Å². The van der Waals surface area contributed by atoms with E-state index in [9.17, 15) is 0 Å². The smallest absolute Gasteiger partial charge is 0.149 e. The van der Waals surface area contributed by atoms with Gasteiger partial charge in [-0.05, 0) is 51.5 Å². The van der Waals surface area contributed by atoms with E-state index in [1.165, 1.54) is 38.5 Å². The Balaban J connectivity index is 1.62. The highest BCUT2D eigenvalue weighted by Gasteiger charge is 2.21. The molecule has 1 N–H and O–H groups in total. The van der Waals surface area contributed by atoms with Crippen molar-refractivity contribution in [2.75, 3.05) is 6.54 Å². The van der Waals surface area contributed by atoms with Crippen LogP contribution in [-0.2, 0) is 6.54 Å². The molecule has 1 aliphatic heterocycles. The second-order valence-electron chi connectivity index (χ2n) is 5.39. The molecule has 2 aliphatic rings. The van der Waals surface area contributed by atoms with Crippen LogP contribution in [0.3, 0.4) is 0 Å². The van der Waals surface area contributed by atoms with E-state index in [4.69, 9.17) is 0 Å². The van der Waals surface area contributed by atoms with Crippen LogP contribution in [0.1, 0.15) is 56.8 Å². The molecular formula is C14H22N4. The lowest BCUT2D eigenvalue weighted by Crippen LogP contribution is -2.18. The monoisotopic (exact) mass is 246 g/mol. The molecule has 3 rings (SSSR count). The van der Waals surface area contributed by atoms with Crippen molar-refractivity contribution >= 4 is 0 Å². The third-order valence-electron chi connectivity index (χ3n) is 4.08. The maximum absolute atomic E-state index is 4.29. The van der Waals surface area contributed by atoms with Gasteiger partial charge in [0.25, 0.3) is 0 Å². The number of allylic oxidation sites excluding steroid dienone is 2. The van der Waals surface area contributed by atoms with Gasteiger partial charge >= 0.3 is 0 Å². The highest BCUT2D eigenvalue weighted by atomic mass is 15.3. The number of hydrogen-bond donors (Lipinski definition) is 1. The largest absolute Gasteiger partial charge is 0.316 e. The lowest BCUT2D eigenvalue weighted by atomic mass is 9.97. The maximum atomic E-state index is 4.29. The summed E-state index contributed by atoms with van der Waals surface area (Å²) < 4.78 is 2.23. The normalized spacial score (nSPS) is 24.2. The summed E-state index contributed by atoms with van der Waals surface area (Å²) in [5, 5.41) is 11.9. The fourth-order valence-corrected chi connectivity index (χ4v) is 3.01. The second kappa shape index (κ2) is 5.65. The first-order chi connectivity index (χ1) is 8.93. The third kappa shape index (κ3) is 2.64. The molecule has 98 valence electrons. The number of nitrogens with zero attached hydrogens (tertiary/aromatic N) is 3. The average molecular weight is 246 g/mol. The van der Waals surface area contributed by atoms with Crippen molar-refractivity contribution in [3.63, 3.8) is 0 Å². The third-order valence-corrected chi connectivity index (χ3v) is 4.08. The van der Waals surface area contributed by atoms with Gasteiger partial charge in [-0.1, -0.05) is 11.6 Å². The van der Waals surface area contributed by atoms with Gasteiger partial charge in [-0.2, -0.15) is 0 Å². The van der Waals surface area contributed by atoms with E-state index in [1.807, 2.05) is 6.33 Å². The molecule has 4 heteroatoms. The van der Waals surface area contributed by atoms with Crippen molar-refractivity contribution in [1.82, 2.24) is 20.1 Å². The summed E-state index contributed by atoms with van der Waals surface area (Å²) in [6, 6.07) is 0.424. The second-order valence-corrected chi connectivity index (χ2v) is 5.39. The molecule has 1 aromatic rings. The molecule has 0 spiro atoms. The molecule has 4 nitrogen and oxygen atoms in total. The lowest BCUT2D eigenvalue weighted by Gasteiger charge is -2.15. The van der Waals surface area contributed by atoms with Gasteiger partial charge in [0.2, 0.25) is 0 Å². The highest BCUT2D eigenvalue weighted by Crippen LogP contribution is 2.23. The van der Waals surface area contributed by atoms with Crippen LogP contribution in [-0.4, -0.2) is 21.3 Å². The van der Waals surface area contributed by atoms with E-state index in [1.54, 1.807) is 5.57 Å². The Bertz CT molecular complexity index is 415. The Kier molecular flexibility index (Phi) is 3.74. The number of hydrogen-bond acceptors (Lipinski definition) is 3. The molecule has 1 aliphatic carbocycles. The highest BCUT2D eigenvalue weighted by molar-refractivity contribution is 5.06. The molecule has 2 heterocycles. The zero-order valence-electron chi connectivity index (χ0n) is 10.9. The number of rotatable bonds is 4.